The number of hydrogen-bond donors (Lipinski definition) is 1. The van der Waals surface area contributed by atoms with Crippen molar-refractivity contribution in [3.63, 3.8) is 0 Å². The number of nitrogens with one attached hydrogen (secondary N) is 1. The first-order chi connectivity index (χ1) is 11.9. The molecule has 0 fully saturated rings. The summed E-state index contributed by atoms with van der Waals surface area (Å²) in [5, 5.41) is 0.394. The Morgan fingerprint density at radius 2 is 1.96 bits per heavy atom. The summed E-state index contributed by atoms with van der Waals surface area (Å²) < 4.78 is 44.4. The summed E-state index contributed by atoms with van der Waals surface area (Å²) in [4.78, 5) is 3.06. The molecule has 0 saturated heterocycles. The van der Waals surface area contributed by atoms with Crippen LogP contribution in [-0.2, 0) is 16.5 Å². The summed E-state index contributed by atoms with van der Waals surface area (Å²) in [6.07, 6.45) is 3.96. The monoisotopic (exact) mass is 361 g/mol. The van der Waals surface area contributed by atoms with Crippen molar-refractivity contribution in [3.05, 3.63) is 59.5 Å². The lowest BCUT2D eigenvalue weighted by Gasteiger charge is -2.12. The van der Waals surface area contributed by atoms with E-state index < -0.39 is 15.9 Å². The number of fused-ring (bicyclic) bond motifs is 1. The Kier molecular flexibility index (Phi) is 4.81. The second-order valence-corrected chi connectivity index (χ2v) is 7.61. The van der Waals surface area contributed by atoms with Gasteiger partial charge in [0.15, 0.2) is 5.75 Å². The van der Waals surface area contributed by atoms with E-state index in [0.717, 1.165) is 24.0 Å². The molecule has 0 atom stereocenters. The summed E-state index contributed by atoms with van der Waals surface area (Å²) in [5.74, 6) is -0.357. The van der Waals surface area contributed by atoms with Crippen molar-refractivity contribution in [2.24, 2.45) is 0 Å². The minimum absolute atomic E-state index is 0.0940. The molecule has 2 aromatic carbocycles. The van der Waals surface area contributed by atoms with E-state index in [9.17, 15) is 12.8 Å². The van der Waals surface area contributed by atoms with Crippen molar-refractivity contribution < 1.29 is 17.0 Å². The highest BCUT2D eigenvalue weighted by Crippen LogP contribution is 2.30. The van der Waals surface area contributed by atoms with Crippen molar-refractivity contribution >= 4 is 21.0 Å². The van der Waals surface area contributed by atoms with Gasteiger partial charge in [0.25, 0.3) is 0 Å². The maximum Gasteiger partial charge on any atom is 0.339 e. The Morgan fingerprint density at radius 1 is 1.16 bits per heavy atom. The highest BCUT2D eigenvalue weighted by atomic mass is 32.2. The molecular weight excluding hydrogens is 341 g/mol. The molecule has 4 nitrogen and oxygen atoms in total. The first kappa shape index (κ1) is 17.5. The Bertz CT molecular complexity index is 1010. The molecule has 1 heterocycles. The third-order valence-electron chi connectivity index (χ3n) is 4.09. The number of hydrogen-bond acceptors (Lipinski definition) is 3. The van der Waals surface area contributed by atoms with E-state index in [0.29, 0.717) is 17.3 Å². The Hall–Kier alpha value is -2.34. The quantitative estimate of drug-likeness (QED) is 0.646. The molecule has 1 N–H and O–H groups in total. The third-order valence-corrected chi connectivity index (χ3v) is 5.43. The van der Waals surface area contributed by atoms with Gasteiger partial charge in [-0.25, -0.2) is 4.39 Å². The Labute approximate surface area is 146 Å². The molecule has 0 bridgehead atoms. The molecule has 3 rings (SSSR count). The maximum atomic E-state index is 13.5. The van der Waals surface area contributed by atoms with Crippen molar-refractivity contribution in [2.45, 2.75) is 38.0 Å². The van der Waals surface area contributed by atoms with Crippen LogP contribution in [0.15, 0.2) is 47.5 Å². The molecule has 0 unspecified atom stereocenters. The minimum atomic E-state index is -4.01. The van der Waals surface area contributed by atoms with E-state index in [1.807, 2.05) is 13.0 Å². The molecule has 0 aliphatic heterocycles. The zero-order valence-electron chi connectivity index (χ0n) is 14.2. The van der Waals surface area contributed by atoms with Gasteiger partial charge in [-0.2, -0.15) is 8.42 Å². The van der Waals surface area contributed by atoms with Crippen LogP contribution in [0, 0.1) is 12.7 Å². The average molecular weight is 361 g/mol. The van der Waals surface area contributed by atoms with Crippen LogP contribution in [-0.4, -0.2) is 13.4 Å². The van der Waals surface area contributed by atoms with E-state index in [2.05, 4.69) is 11.9 Å². The van der Waals surface area contributed by atoms with Gasteiger partial charge in [0.05, 0.1) is 0 Å². The van der Waals surface area contributed by atoms with Gasteiger partial charge >= 0.3 is 10.1 Å². The number of rotatable bonds is 6. The zero-order valence-corrected chi connectivity index (χ0v) is 15.0. The second kappa shape index (κ2) is 6.88. The Balaban J connectivity index is 2.00. The van der Waals surface area contributed by atoms with Gasteiger partial charge in [-0.3, -0.25) is 0 Å². The fraction of sp³-hybridized carbons (Fsp3) is 0.263. The molecule has 132 valence electrons. The molecule has 0 radical (unpaired) electrons. The molecule has 0 aliphatic rings. The number of aryl methyl sites for hydroxylation is 2. The van der Waals surface area contributed by atoms with Crippen LogP contribution >= 0.6 is 0 Å². The highest BCUT2D eigenvalue weighted by molar-refractivity contribution is 7.87. The summed E-state index contributed by atoms with van der Waals surface area (Å²) in [6.45, 7) is 3.98. The standard InChI is InChI=1S/C19H20FNO3S/c1-3-4-5-14-10-13(2)6-9-19(14)25(22,23)24-18-12-21-17-8-7-15(20)11-16(17)18/h6-12,21H,3-5H2,1-2H3. The number of benzene rings is 2. The zero-order chi connectivity index (χ0) is 18.0. The maximum absolute atomic E-state index is 13.5. The molecular formula is C19H20FNO3S. The van der Waals surface area contributed by atoms with Gasteiger partial charge in [0.1, 0.15) is 10.7 Å². The van der Waals surface area contributed by atoms with Crippen LogP contribution in [0.2, 0.25) is 0 Å². The van der Waals surface area contributed by atoms with Crippen LogP contribution in [0.5, 0.6) is 5.75 Å². The number of aromatic nitrogens is 1. The fourth-order valence-electron chi connectivity index (χ4n) is 2.81. The number of H-pyrrole nitrogens is 1. The summed E-state index contributed by atoms with van der Waals surface area (Å²) in [7, 11) is -4.01. The summed E-state index contributed by atoms with van der Waals surface area (Å²) in [6, 6.07) is 9.30. The minimum Gasteiger partial charge on any atom is -0.377 e. The van der Waals surface area contributed by atoms with Gasteiger partial charge in [-0.15, -0.1) is 0 Å². The first-order valence-electron chi connectivity index (χ1n) is 8.21. The van der Waals surface area contributed by atoms with Crippen LogP contribution in [0.25, 0.3) is 10.9 Å². The lowest BCUT2D eigenvalue weighted by molar-refractivity contribution is 0.487. The van der Waals surface area contributed by atoms with Crippen molar-refractivity contribution in [3.8, 4) is 5.75 Å². The van der Waals surface area contributed by atoms with Crippen molar-refractivity contribution in [1.29, 1.82) is 0 Å². The van der Waals surface area contributed by atoms with Crippen LogP contribution in [0.1, 0.15) is 30.9 Å². The van der Waals surface area contributed by atoms with Gasteiger partial charge in [0, 0.05) is 17.1 Å². The predicted molar refractivity (Wildman–Crippen MR) is 95.9 cm³/mol. The van der Waals surface area contributed by atoms with E-state index in [1.165, 1.54) is 18.3 Å². The summed E-state index contributed by atoms with van der Waals surface area (Å²) >= 11 is 0. The normalized spacial score (nSPS) is 11.8. The van der Waals surface area contributed by atoms with Crippen LogP contribution in [0.4, 0.5) is 4.39 Å². The van der Waals surface area contributed by atoms with Crippen LogP contribution in [0.3, 0.4) is 0 Å². The molecule has 1 aromatic heterocycles. The molecule has 6 heteroatoms. The second-order valence-electron chi connectivity index (χ2n) is 6.10. The third kappa shape index (κ3) is 3.69. The lowest BCUT2D eigenvalue weighted by Crippen LogP contribution is -2.12. The van der Waals surface area contributed by atoms with Crippen LogP contribution < -0.4 is 4.18 Å². The van der Waals surface area contributed by atoms with Gasteiger partial charge in [0.2, 0.25) is 0 Å². The van der Waals surface area contributed by atoms with E-state index in [1.54, 1.807) is 18.2 Å². The smallest absolute Gasteiger partial charge is 0.339 e. The lowest BCUT2D eigenvalue weighted by atomic mass is 10.1. The largest absolute Gasteiger partial charge is 0.377 e. The summed E-state index contributed by atoms with van der Waals surface area (Å²) in [5.41, 5.74) is 2.36. The topological polar surface area (TPSA) is 59.2 Å². The number of halogens is 1. The molecule has 0 amide bonds. The number of unbranched alkanes of at least 4 members (excludes halogenated alkanes) is 1. The van der Waals surface area contributed by atoms with Crippen molar-refractivity contribution in [2.75, 3.05) is 0 Å². The highest BCUT2D eigenvalue weighted by Gasteiger charge is 2.22. The first-order valence-corrected chi connectivity index (χ1v) is 9.62. The van der Waals surface area contributed by atoms with Gasteiger partial charge < -0.3 is 9.17 Å². The number of aromatic amines is 1. The molecule has 3 aromatic rings. The average Bonchev–Trinajstić information content (AvgIpc) is 2.94. The predicted octanol–water partition coefficient (Wildman–Crippen LogP) is 4.73. The van der Waals surface area contributed by atoms with Gasteiger partial charge in [-0.05, 0) is 49.6 Å². The SMILES string of the molecule is CCCCc1cc(C)ccc1S(=O)(=O)Oc1c[nH]c2ccc(F)cc12. The van der Waals surface area contributed by atoms with Gasteiger partial charge in [-0.1, -0.05) is 31.0 Å². The molecule has 0 aliphatic carbocycles. The molecule has 0 spiro atoms. The molecule has 0 saturated carbocycles. The van der Waals surface area contributed by atoms with E-state index in [-0.39, 0.29) is 10.6 Å². The van der Waals surface area contributed by atoms with Crippen molar-refractivity contribution in [1.82, 2.24) is 4.98 Å². The van der Waals surface area contributed by atoms with E-state index in [4.69, 9.17) is 4.18 Å². The molecule has 25 heavy (non-hydrogen) atoms. The fourth-order valence-corrected chi connectivity index (χ4v) is 3.99. The van der Waals surface area contributed by atoms with E-state index >= 15 is 0 Å². The Morgan fingerprint density at radius 3 is 2.72 bits per heavy atom.